The molecule has 0 bridgehead atoms. The Bertz CT molecular complexity index is 439. The van der Waals surface area contributed by atoms with Gasteiger partial charge in [-0.05, 0) is 13.3 Å². The largest absolute Gasteiger partial charge is 0.296 e. The van der Waals surface area contributed by atoms with Crippen molar-refractivity contribution in [3.8, 4) is 6.07 Å². The number of nitriles is 1. The topological polar surface area (TPSA) is 48.1 Å². The molecule has 2 rings (SSSR count). The van der Waals surface area contributed by atoms with Gasteiger partial charge in [0.05, 0.1) is 18.3 Å². The third-order valence-electron chi connectivity index (χ3n) is 3.98. The Morgan fingerprint density at radius 3 is 2.60 bits per heavy atom. The zero-order valence-corrected chi connectivity index (χ0v) is 12.6. The van der Waals surface area contributed by atoms with Crippen molar-refractivity contribution in [1.29, 1.82) is 5.26 Å². The molecule has 5 heteroatoms. The average Bonchev–Trinajstić information content (AvgIpc) is 2.93. The van der Waals surface area contributed by atoms with Crippen LogP contribution < -0.4 is 0 Å². The average molecular weight is 275 g/mol. The SMILES string of the molecule is CCCC(C#N)N1CCN(Cc2cnn(CC)c2)CC1. The Morgan fingerprint density at radius 1 is 1.30 bits per heavy atom. The van der Waals surface area contributed by atoms with Crippen LogP contribution in [0.1, 0.15) is 32.3 Å². The highest BCUT2D eigenvalue weighted by molar-refractivity contribution is 5.04. The fourth-order valence-electron chi connectivity index (χ4n) is 2.75. The van der Waals surface area contributed by atoms with Crippen LogP contribution in [0.2, 0.25) is 0 Å². The van der Waals surface area contributed by atoms with Crippen LogP contribution in [0.3, 0.4) is 0 Å². The van der Waals surface area contributed by atoms with E-state index in [-0.39, 0.29) is 6.04 Å². The Labute approximate surface area is 121 Å². The second-order valence-corrected chi connectivity index (χ2v) is 5.45. The summed E-state index contributed by atoms with van der Waals surface area (Å²) in [5.41, 5.74) is 1.28. The molecule has 0 saturated carbocycles. The zero-order valence-electron chi connectivity index (χ0n) is 12.6. The minimum atomic E-state index is 0.102. The van der Waals surface area contributed by atoms with E-state index in [1.54, 1.807) is 0 Å². The van der Waals surface area contributed by atoms with Crippen LogP contribution in [-0.4, -0.2) is 51.8 Å². The summed E-state index contributed by atoms with van der Waals surface area (Å²) >= 11 is 0. The zero-order chi connectivity index (χ0) is 14.4. The Hall–Kier alpha value is -1.38. The van der Waals surface area contributed by atoms with E-state index >= 15 is 0 Å². The second-order valence-electron chi connectivity index (χ2n) is 5.45. The normalized spacial score (nSPS) is 18.9. The van der Waals surface area contributed by atoms with Gasteiger partial charge < -0.3 is 0 Å². The molecule has 20 heavy (non-hydrogen) atoms. The molecular weight excluding hydrogens is 250 g/mol. The molecular formula is C15H25N5. The van der Waals surface area contributed by atoms with Crippen molar-refractivity contribution in [3.63, 3.8) is 0 Å². The standard InChI is InChI=1S/C15H25N5/c1-3-5-15(10-16)19-8-6-18(7-9-19)12-14-11-17-20(4-2)13-14/h11,13,15H,3-9,12H2,1-2H3. The first-order chi connectivity index (χ1) is 9.76. The van der Waals surface area contributed by atoms with Gasteiger partial charge in [0.15, 0.2) is 0 Å². The first kappa shape index (κ1) is 15.0. The highest BCUT2D eigenvalue weighted by Gasteiger charge is 2.23. The third kappa shape index (κ3) is 3.81. The first-order valence-electron chi connectivity index (χ1n) is 7.64. The lowest BCUT2D eigenvalue weighted by atomic mass is 10.1. The van der Waals surface area contributed by atoms with Gasteiger partial charge in [-0.3, -0.25) is 14.5 Å². The molecule has 1 aliphatic rings. The summed E-state index contributed by atoms with van der Waals surface area (Å²) in [7, 11) is 0. The number of hydrogen-bond donors (Lipinski definition) is 0. The minimum absolute atomic E-state index is 0.102. The summed E-state index contributed by atoms with van der Waals surface area (Å²) in [6.45, 7) is 10.2. The van der Waals surface area contributed by atoms with Crippen LogP contribution in [-0.2, 0) is 13.1 Å². The van der Waals surface area contributed by atoms with Crippen molar-refractivity contribution in [2.75, 3.05) is 26.2 Å². The van der Waals surface area contributed by atoms with Gasteiger partial charge in [0.2, 0.25) is 0 Å². The fraction of sp³-hybridized carbons (Fsp3) is 0.733. The van der Waals surface area contributed by atoms with Crippen LogP contribution in [0.25, 0.3) is 0 Å². The van der Waals surface area contributed by atoms with Crippen LogP contribution in [0.15, 0.2) is 12.4 Å². The lowest BCUT2D eigenvalue weighted by Crippen LogP contribution is -2.49. The Balaban J connectivity index is 1.80. The molecule has 1 atom stereocenters. The van der Waals surface area contributed by atoms with Crippen LogP contribution >= 0.6 is 0 Å². The number of nitrogens with zero attached hydrogens (tertiary/aromatic N) is 5. The van der Waals surface area contributed by atoms with Gasteiger partial charge in [-0.15, -0.1) is 0 Å². The van der Waals surface area contributed by atoms with Crippen LogP contribution in [0, 0.1) is 11.3 Å². The van der Waals surface area contributed by atoms with Crippen molar-refractivity contribution in [2.24, 2.45) is 0 Å². The number of aryl methyl sites for hydroxylation is 1. The molecule has 1 saturated heterocycles. The molecule has 1 aliphatic heterocycles. The van der Waals surface area contributed by atoms with E-state index in [0.29, 0.717) is 0 Å². The van der Waals surface area contributed by atoms with E-state index in [2.05, 4.69) is 41.0 Å². The first-order valence-corrected chi connectivity index (χ1v) is 7.64. The van der Waals surface area contributed by atoms with E-state index in [1.165, 1.54) is 5.56 Å². The van der Waals surface area contributed by atoms with Gasteiger partial charge in [-0.1, -0.05) is 13.3 Å². The molecule has 0 amide bonds. The van der Waals surface area contributed by atoms with Crippen molar-refractivity contribution < 1.29 is 0 Å². The number of hydrogen-bond acceptors (Lipinski definition) is 4. The predicted octanol–water partition coefficient (Wildman–Crippen LogP) is 1.71. The molecule has 0 aliphatic carbocycles. The lowest BCUT2D eigenvalue weighted by Gasteiger charge is -2.36. The Morgan fingerprint density at radius 2 is 2.05 bits per heavy atom. The van der Waals surface area contributed by atoms with Gasteiger partial charge in [0, 0.05) is 51.0 Å². The maximum Gasteiger partial charge on any atom is 0.0978 e. The molecule has 1 unspecified atom stereocenters. The fourth-order valence-corrected chi connectivity index (χ4v) is 2.75. The summed E-state index contributed by atoms with van der Waals surface area (Å²) in [4.78, 5) is 4.78. The molecule has 2 heterocycles. The number of piperazine rings is 1. The van der Waals surface area contributed by atoms with Gasteiger partial charge in [0.1, 0.15) is 0 Å². The number of aromatic nitrogens is 2. The van der Waals surface area contributed by atoms with Gasteiger partial charge in [0.25, 0.3) is 0 Å². The summed E-state index contributed by atoms with van der Waals surface area (Å²) in [5.74, 6) is 0. The lowest BCUT2D eigenvalue weighted by molar-refractivity contribution is 0.106. The van der Waals surface area contributed by atoms with Gasteiger partial charge >= 0.3 is 0 Å². The van der Waals surface area contributed by atoms with Crippen LogP contribution in [0.5, 0.6) is 0 Å². The monoisotopic (exact) mass is 275 g/mol. The van der Waals surface area contributed by atoms with E-state index in [1.807, 2.05) is 10.9 Å². The summed E-state index contributed by atoms with van der Waals surface area (Å²) < 4.78 is 1.97. The smallest absolute Gasteiger partial charge is 0.0978 e. The quantitative estimate of drug-likeness (QED) is 0.793. The molecule has 0 radical (unpaired) electrons. The summed E-state index contributed by atoms with van der Waals surface area (Å²) in [6, 6.07) is 2.54. The predicted molar refractivity (Wildman–Crippen MR) is 79.1 cm³/mol. The molecule has 1 fully saturated rings. The second kappa shape index (κ2) is 7.41. The van der Waals surface area contributed by atoms with E-state index in [4.69, 9.17) is 0 Å². The molecule has 1 aromatic rings. The van der Waals surface area contributed by atoms with E-state index in [9.17, 15) is 5.26 Å². The van der Waals surface area contributed by atoms with E-state index < -0.39 is 0 Å². The molecule has 5 nitrogen and oxygen atoms in total. The van der Waals surface area contributed by atoms with Gasteiger partial charge in [-0.25, -0.2) is 0 Å². The van der Waals surface area contributed by atoms with Crippen molar-refractivity contribution >= 4 is 0 Å². The molecule has 1 aromatic heterocycles. The highest BCUT2D eigenvalue weighted by atomic mass is 15.3. The number of rotatable bonds is 6. The Kier molecular flexibility index (Phi) is 5.57. The summed E-state index contributed by atoms with van der Waals surface area (Å²) in [6.07, 6.45) is 6.15. The molecule has 110 valence electrons. The van der Waals surface area contributed by atoms with Gasteiger partial charge in [-0.2, -0.15) is 10.4 Å². The van der Waals surface area contributed by atoms with Crippen molar-refractivity contribution in [2.45, 2.75) is 45.8 Å². The molecule has 0 N–H and O–H groups in total. The third-order valence-corrected chi connectivity index (χ3v) is 3.98. The van der Waals surface area contributed by atoms with E-state index in [0.717, 1.165) is 52.1 Å². The highest BCUT2D eigenvalue weighted by Crippen LogP contribution is 2.12. The molecule has 0 spiro atoms. The maximum absolute atomic E-state index is 9.22. The maximum atomic E-state index is 9.22. The molecule has 0 aromatic carbocycles. The van der Waals surface area contributed by atoms with Crippen molar-refractivity contribution in [3.05, 3.63) is 18.0 Å². The van der Waals surface area contributed by atoms with Crippen molar-refractivity contribution in [1.82, 2.24) is 19.6 Å². The summed E-state index contributed by atoms with van der Waals surface area (Å²) in [5, 5.41) is 13.5. The van der Waals surface area contributed by atoms with Crippen LogP contribution in [0.4, 0.5) is 0 Å². The minimum Gasteiger partial charge on any atom is -0.296 e.